The van der Waals surface area contributed by atoms with Gasteiger partial charge in [0.25, 0.3) is 0 Å². The zero-order chi connectivity index (χ0) is 30.5. The van der Waals surface area contributed by atoms with Gasteiger partial charge in [-0.05, 0) is 88.6 Å². The first-order valence-electron chi connectivity index (χ1n) is 16.4. The molecule has 3 heteroatoms. The zero-order valence-electron chi connectivity index (χ0n) is 25.6. The second kappa shape index (κ2) is 11.2. The average Bonchev–Trinajstić information content (AvgIpc) is 3.14. The molecule has 5 aromatic rings. The molecule has 4 aliphatic rings. The summed E-state index contributed by atoms with van der Waals surface area (Å²) in [5, 5.41) is 2.55. The number of hydrogen-bond donors (Lipinski definition) is 0. The molecule has 46 heavy (non-hydrogen) atoms. The number of pyridine rings is 1. The molecule has 0 spiro atoms. The summed E-state index contributed by atoms with van der Waals surface area (Å²) in [5.41, 5.74) is 13.1. The molecule has 2 heterocycles. The van der Waals surface area contributed by atoms with Crippen LogP contribution in [0.5, 0.6) is 0 Å². The molecular formula is C43H33N3. The van der Waals surface area contributed by atoms with E-state index >= 15 is 0 Å². The number of benzene rings is 3. The number of hydrogen-bond acceptors (Lipinski definition) is 3. The molecule has 0 saturated carbocycles. The van der Waals surface area contributed by atoms with E-state index in [4.69, 9.17) is 9.97 Å². The molecule has 1 unspecified atom stereocenters. The molecule has 3 aromatic carbocycles. The van der Waals surface area contributed by atoms with Crippen molar-refractivity contribution in [2.75, 3.05) is 0 Å². The molecule has 0 radical (unpaired) electrons. The topological polar surface area (TPSA) is 38.7 Å². The van der Waals surface area contributed by atoms with Crippen LogP contribution < -0.4 is 0 Å². The summed E-state index contributed by atoms with van der Waals surface area (Å²) in [4.78, 5) is 15.2. The van der Waals surface area contributed by atoms with Crippen molar-refractivity contribution in [1.82, 2.24) is 15.0 Å². The highest BCUT2D eigenvalue weighted by molar-refractivity contribution is 5.97. The monoisotopic (exact) mass is 591 g/mol. The highest BCUT2D eigenvalue weighted by Gasteiger charge is 2.33. The minimum absolute atomic E-state index is 0.238. The van der Waals surface area contributed by atoms with Crippen molar-refractivity contribution in [2.24, 2.45) is 11.8 Å². The lowest BCUT2D eigenvalue weighted by Crippen LogP contribution is -2.22. The van der Waals surface area contributed by atoms with Gasteiger partial charge < -0.3 is 0 Å². The Bertz CT molecular complexity index is 2190. The van der Waals surface area contributed by atoms with E-state index in [9.17, 15) is 0 Å². The second-order valence-electron chi connectivity index (χ2n) is 12.6. The Labute approximate surface area is 269 Å². The van der Waals surface area contributed by atoms with Gasteiger partial charge in [0.2, 0.25) is 0 Å². The molecule has 0 N–H and O–H groups in total. The van der Waals surface area contributed by atoms with Crippen LogP contribution in [0, 0.1) is 11.8 Å². The van der Waals surface area contributed by atoms with Crippen LogP contribution in [-0.2, 0) is 6.42 Å². The van der Waals surface area contributed by atoms with Gasteiger partial charge in [-0.3, -0.25) is 4.98 Å². The van der Waals surface area contributed by atoms with Crippen LogP contribution in [-0.4, -0.2) is 15.0 Å². The largest absolute Gasteiger partial charge is 0.256 e. The molecule has 220 valence electrons. The van der Waals surface area contributed by atoms with Crippen LogP contribution >= 0.6 is 0 Å². The molecule has 2 atom stereocenters. The van der Waals surface area contributed by atoms with Gasteiger partial charge in [0.05, 0.1) is 17.1 Å². The van der Waals surface area contributed by atoms with Gasteiger partial charge in [-0.15, -0.1) is 0 Å². The summed E-state index contributed by atoms with van der Waals surface area (Å²) in [7, 11) is 0. The van der Waals surface area contributed by atoms with E-state index in [1.54, 1.807) is 0 Å². The molecule has 0 amide bonds. The molecule has 3 nitrogen and oxygen atoms in total. The quantitative estimate of drug-likeness (QED) is 0.209. The van der Waals surface area contributed by atoms with E-state index in [1.807, 2.05) is 24.4 Å². The van der Waals surface area contributed by atoms with Gasteiger partial charge in [0.15, 0.2) is 5.82 Å². The number of rotatable bonds is 4. The number of fused-ring (bicyclic) bond motifs is 5. The Balaban J connectivity index is 1.25. The minimum Gasteiger partial charge on any atom is -0.256 e. The van der Waals surface area contributed by atoms with Crippen LogP contribution in [0.15, 0.2) is 145 Å². The molecule has 0 aliphatic heterocycles. The first-order valence-corrected chi connectivity index (χ1v) is 16.4. The number of allylic oxidation sites excluding steroid dienone is 11. The maximum atomic E-state index is 5.35. The zero-order valence-corrected chi connectivity index (χ0v) is 25.6. The van der Waals surface area contributed by atoms with Crippen molar-refractivity contribution in [2.45, 2.75) is 25.7 Å². The lowest BCUT2D eigenvalue weighted by molar-refractivity contribution is 0.634. The number of aromatic nitrogens is 3. The molecule has 2 aromatic heterocycles. The predicted octanol–water partition coefficient (Wildman–Crippen LogP) is 10.4. The van der Waals surface area contributed by atoms with Crippen molar-refractivity contribution in [3.63, 3.8) is 0 Å². The fraction of sp³-hybridized carbons (Fsp3) is 0.140. The van der Waals surface area contributed by atoms with Gasteiger partial charge in [-0.2, -0.15) is 0 Å². The summed E-state index contributed by atoms with van der Waals surface area (Å²) in [5.74, 6) is 1.32. The maximum absolute atomic E-state index is 5.35. The van der Waals surface area contributed by atoms with Crippen LogP contribution in [0.2, 0.25) is 0 Å². The van der Waals surface area contributed by atoms with Gasteiger partial charge in [0.1, 0.15) is 0 Å². The second-order valence-corrected chi connectivity index (χ2v) is 12.6. The molecule has 9 rings (SSSR count). The molecule has 0 bridgehead atoms. The standard InChI is InChI=1S/C43H33N3/c1-3-13-32-30(11-1)25-38(36-17-7-5-15-34(32)36)41-27-42(39-26-31-12-2-4-14-33(31)35-16-6-8-18-37(35)39)46-43(45-41)29-22-20-28(21-23-29)40-19-9-10-24-44-40/h1,3-6,8-11,13-16,18-27,35,37H,2,7,12,17H2/t35-,37?/m0/s1. The Morgan fingerprint density at radius 3 is 2.33 bits per heavy atom. The Hall–Kier alpha value is -5.41. The minimum atomic E-state index is 0.238. The fourth-order valence-electron chi connectivity index (χ4n) is 7.63. The maximum Gasteiger partial charge on any atom is 0.160 e. The van der Waals surface area contributed by atoms with Crippen molar-refractivity contribution < 1.29 is 0 Å². The summed E-state index contributed by atoms with van der Waals surface area (Å²) >= 11 is 0. The first-order chi connectivity index (χ1) is 22.8. The third-order valence-corrected chi connectivity index (χ3v) is 9.88. The summed E-state index contributed by atoms with van der Waals surface area (Å²) < 4.78 is 0. The van der Waals surface area contributed by atoms with Crippen LogP contribution in [0.4, 0.5) is 0 Å². The summed E-state index contributed by atoms with van der Waals surface area (Å²) in [6.07, 6.45) is 26.9. The van der Waals surface area contributed by atoms with Crippen LogP contribution in [0.3, 0.4) is 0 Å². The Morgan fingerprint density at radius 2 is 1.43 bits per heavy atom. The average molecular weight is 592 g/mol. The van der Waals surface area contributed by atoms with E-state index in [1.165, 1.54) is 44.2 Å². The van der Waals surface area contributed by atoms with Gasteiger partial charge in [-0.1, -0.05) is 109 Å². The SMILES string of the molecule is C1=CC2C(c3cc(-c4cc5ccccc5c5c4CCC=C5)nc(-c4ccc(-c5ccccn5)cc4)n3)=CC3=C(C=CCC3)[C@@H]2C=C1. The van der Waals surface area contributed by atoms with Crippen molar-refractivity contribution in [3.05, 3.63) is 162 Å². The molecular weight excluding hydrogens is 558 g/mol. The third-order valence-electron chi connectivity index (χ3n) is 9.88. The normalized spacial score (nSPS) is 19.5. The molecule has 0 fully saturated rings. The predicted molar refractivity (Wildman–Crippen MR) is 190 cm³/mol. The van der Waals surface area contributed by atoms with Crippen LogP contribution in [0.1, 0.15) is 36.1 Å². The lowest BCUT2D eigenvalue weighted by atomic mass is 9.70. The van der Waals surface area contributed by atoms with Gasteiger partial charge in [0, 0.05) is 34.7 Å². The van der Waals surface area contributed by atoms with Gasteiger partial charge >= 0.3 is 0 Å². The summed E-state index contributed by atoms with van der Waals surface area (Å²) in [6, 6.07) is 27.9. The molecule has 0 saturated heterocycles. The summed E-state index contributed by atoms with van der Waals surface area (Å²) in [6.45, 7) is 0. The number of nitrogens with zero attached hydrogens (tertiary/aromatic N) is 3. The van der Waals surface area contributed by atoms with Crippen molar-refractivity contribution in [3.8, 4) is 33.9 Å². The van der Waals surface area contributed by atoms with E-state index in [0.717, 1.165) is 59.7 Å². The van der Waals surface area contributed by atoms with E-state index < -0.39 is 0 Å². The Morgan fingerprint density at radius 1 is 0.652 bits per heavy atom. The molecule has 4 aliphatic carbocycles. The lowest BCUT2D eigenvalue weighted by Gasteiger charge is -2.34. The van der Waals surface area contributed by atoms with Gasteiger partial charge in [-0.25, -0.2) is 9.97 Å². The smallest absolute Gasteiger partial charge is 0.160 e. The van der Waals surface area contributed by atoms with E-state index in [2.05, 4.69) is 120 Å². The first kappa shape index (κ1) is 26.9. The van der Waals surface area contributed by atoms with E-state index in [-0.39, 0.29) is 5.92 Å². The highest BCUT2D eigenvalue weighted by atomic mass is 14.9. The highest BCUT2D eigenvalue weighted by Crippen LogP contribution is 2.46. The third kappa shape index (κ3) is 4.62. The van der Waals surface area contributed by atoms with Crippen LogP contribution in [0.25, 0.3) is 56.3 Å². The Kier molecular flexibility index (Phi) is 6.55. The van der Waals surface area contributed by atoms with Crippen molar-refractivity contribution >= 4 is 22.4 Å². The van der Waals surface area contributed by atoms with Crippen molar-refractivity contribution in [1.29, 1.82) is 0 Å². The fourth-order valence-corrected chi connectivity index (χ4v) is 7.63. The van der Waals surface area contributed by atoms with E-state index in [0.29, 0.717) is 5.92 Å².